The van der Waals surface area contributed by atoms with E-state index in [0.717, 1.165) is 6.42 Å². The van der Waals surface area contributed by atoms with Crippen LogP contribution in [0.1, 0.15) is 42.6 Å². The Labute approximate surface area is 133 Å². The molecule has 0 unspecified atom stereocenters. The van der Waals surface area contributed by atoms with E-state index >= 15 is 0 Å². The van der Waals surface area contributed by atoms with Gasteiger partial charge in [-0.15, -0.1) is 10.2 Å². The van der Waals surface area contributed by atoms with E-state index < -0.39 is 6.04 Å². The molecule has 0 aromatic carbocycles. The first-order valence-electron chi connectivity index (χ1n) is 7.56. The number of rotatable bonds is 4. The molecular weight excluding hydrogens is 298 g/mol. The van der Waals surface area contributed by atoms with Crippen LogP contribution >= 0.6 is 0 Å². The molecule has 23 heavy (non-hydrogen) atoms. The van der Waals surface area contributed by atoms with Crippen molar-refractivity contribution < 1.29 is 9.59 Å². The maximum absolute atomic E-state index is 12.5. The lowest BCUT2D eigenvalue weighted by Gasteiger charge is -2.31. The van der Waals surface area contributed by atoms with E-state index in [-0.39, 0.29) is 11.8 Å². The van der Waals surface area contributed by atoms with E-state index in [2.05, 4.69) is 25.5 Å². The van der Waals surface area contributed by atoms with Crippen LogP contribution < -0.4 is 5.32 Å². The van der Waals surface area contributed by atoms with Crippen molar-refractivity contribution in [2.75, 3.05) is 13.6 Å². The Kier molecular flexibility index (Phi) is 3.85. The third kappa shape index (κ3) is 2.37. The molecule has 1 atom stereocenters. The van der Waals surface area contributed by atoms with Crippen molar-refractivity contribution in [2.45, 2.75) is 32.9 Å². The van der Waals surface area contributed by atoms with Crippen molar-refractivity contribution in [3.05, 3.63) is 17.8 Å². The number of imidazole rings is 1. The number of H-pyrrole nitrogens is 1. The van der Waals surface area contributed by atoms with Gasteiger partial charge >= 0.3 is 0 Å². The molecule has 1 aliphatic rings. The molecule has 2 N–H and O–H groups in total. The summed E-state index contributed by atoms with van der Waals surface area (Å²) >= 11 is 0. The average molecular weight is 317 g/mol. The predicted octanol–water partition coefficient (Wildman–Crippen LogP) is 0.341. The minimum atomic E-state index is -0.426. The van der Waals surface area contributed by atoms with Gasteiger partial charge in [0.15, 0.2) is 11.6 Å². The summed E-state index contributed by atoms with van der Waals surface area (Å²) in [6.07, 6.45) is 2.32. The van der Waals surface area contributed by atoms with Crippen LogP contribution in [0.2, 0.25) is 0 Å². The maximum Gasteiger partial charge on any atom is 0.269 e. The highest BCUT2D eigenvalue weighted by atomic mass is 16.2. The van der Waals surface area contributed by atoms with Gasteiger partial charge in [0.1, 0.15) is 17.4 Å². The van der Waals surface area contributed by atoms with Crippen LogP contribution in [0.3, 0.4) is 0 Å². The number of nitrogens with zero attached hydrogens (tertiary/aromatic N) is 5. The van der Waals surface area contributed by atoms with E-state index in [1.54, 1.807) is 16.5 Å². The second kappa shape index (κ2) is 5.82. The molecule has 0 radical (unpaired) electrons. The third-order valence-corrected chi connectivity index (χ3v) is 3.95. The monoisotopic (exact) mass is 317 g/mol. The number of hydrogen-bond donors (Lipinski definition) is 2. The lowest BCUT2D eigenvalue weighted by Crippen LogP contribution is -2.42. The summed E-state index contributed by atoms with van der Waals surface area (Å²) in [5, 5.41) is 10.9. The predicted molar refractivity (Wildman–Crippen MR) is 81.4 cm³/mol. The van der Waals surface area contributed by atoms with Crippen molar-refractivity contribution in [2.24, 2.45) is 0 Å². The molecule has 2 aromatic heterocycles. The molecule has 3 rings (SSSR count). The van der Waals surface area contributed by atoms with E-state index in [9.17, 15) is 9.59 Å². The number of fused-ring (bicyclic) bond motifs is 1. The standard InChI is InChI=1S/C14H19N7O2/c1-4-5-20-6-9-18-19-12(21(9)8(2)14(20)23)10-11(13(22)15-3)17-7-16-10/h7-8H,4-6H2,1-3H3,(H,15,22)(H,16,17)/t8-/m1/s1. The largest absolute Gasteiger partial charge is 0.354 e. The highest BCUT2D eigenvalue weighted by Crippen LogP contribution is 2.28. The van der Waals surface area contributed by atoms with Gasteiger partial charge in [0.25, 0.3) is 5.91 Å². The normalized spacial score (nSPS) is 17.3. The molecule has 0 aliphatic carbocycles. The zero-order valence-electron chi connectivity index (χ0n) is 13.3. The number of carbonyl (C=O) groups excluding carboxylic acids is 2. The zero-order valence-corrected chi connectivity index (χ0v) is 13.3. The van der Waals surface area contributed by atoms with Crippen LogP contribution in [0, 0.1) is 0 Å². The molecule has 0 spiro atoms. The SMILES string of the molecule is CCCN1Cc2nnc(-c3nc[nH]c3C(=O)NC)n2[C@H](C)C1=O. The van der Waals surface area contributed by atoms with Crippen molar-refractivity contribution in [3.8, 4) is 11.5 Å². The van der Waals surface area contributed by atoms with Crippen molar-refractivity contribution in [1.29, 1.82) is 0 Å². The summed E-state index contributed by atoms with van der Waals surface area (Å²) in [4.78, 5) is 33.2. The van der Waals surface area contributed by atoms with Gasteiger partial charge in [-0.1, -0.05) is 6.92 Å². The number of nitrogens with one attached hydrogen (secondary N) is 2. The molecule has 1 aliphatic heterocycles. The average Bonchev–Trinajstić information content (AvgIpc) is 3.17. The molecule has 3 heterocycles. The summed E-state index contributed by atoms with van der Waals surface area (Å²) in [6, 6.07) is -0.426. The Balaban J connectivity index is 2.05. The number of aromatic nitrogens is 5. The number of hydrogen-bond acceptors (Lipinski definition) is 5. The molecular formula is C14H19N7O2. The lowest BCUT2D eigenvalue weighted by atomic mass is 10.2. The van der Waals surface area contributed by atoms with Crippen LogP contribution in [-0.2, 0) is 11.3 Å². The van der Waals surface area contributed by atoms with Crippen molar-refractivity contribution in [1.82, 2.24) is 34.9 Å². The Morgan fingerprint density at radius 1 is 1.48 bits per heavy atom. The third-order valence-electron chi connectivity index (χ3n) is 3.95. The van der Waals surface area contributed by atoms with Crippen LogP contribution in [-0.4, -0.2) is 55.0 Å². The molecule has 2 amide bonds. The topological polar surface area (TPSA) is 109 Å². The Bertz CT molecular complexity index is 748. The second-order valence-corrected chi connectivity index (χ2v) is 5.45. The Hall–Kier alpha value is -2.71. The van der Waals surface area contributed by atoms with E-state index in [1.165, 1.54) is 6.33 Å². The summed E-state index contributed by atoms with van der Waals surface area (Å²) in [5.41, 5.74) is 0.699. The Morgan fingerprint density at radius 2 is 2.26 bits per heavy atom. The fourth-order valence-corrected chi connectivity index (χ4v) is 2.84. The van der Waals surface area contributed by atoms with Crippen LogP contribution in [0.25, 0.3) is 11.5 Å². The summed E-state index contributed by atoms with van der Waals surface area (Å²) in [6.45, 7) is 4.95. The van der Waals surface area contributed by atoms with E-state index in [1.807, 2.05) is 13.8 Å². The second-order valence-electron chi connectivity index (χ2n) is 5.45. The van der Waals surface area contributed by atoms with Gasteiger partial charge in [-0.2, -0.15) is 0 Å². The van der Waals surface area contributed by atoms with Crippen molar-refractivity contribution >= 4 is 11.8 Å². The van der Waals surface area contributed by atoms with E-state index in [0.29, 0.717) is 36.1 Å². The number of carbonyl (C=O) groups is 2. The Morgan fingerprint density at radius 3 is 2.96 bits per heavy atom. The summed E-state index contributed by atoms with van der Waals surface area (Å²) in [7, 11) is 1.54. The minimum absolute atomic E-state index is 0.0254. The van der Waals surface area contributed by atoms with Crippen LogP contribution in [0.5, 0.6) is 0 Å². The quantitative estimate of drug-likeness (QED) is 0.845. The fourth-order valence-electron chi connectivity index (χ4n) is 2.84. The minimum Gasteiger partial charge on any atom is -0.354 e. The molecule has 0 fully saturated rings. The van der Waals surface area contributed by atoms with Gasteiger partial charge < -0.3 is 15.2 Å². The van der Waals surface area contributed by atoms with Gasteiger partial charge in [-0.25, -0.2) is 4.98 Å². The van der Waals surface area contributed by atoms with Gasteiger partial charge in [-0.3, -0.25) is 14.2 Å². The number of amides is 2. The van der Waals surface area contributed by atoms with Crippen LogP contribution in [0.4, 0.5) is 0 Å². The summed E-state index contributed by atoms with van der Waals surface area (Å²) in [5.74, 6) is 0.859. The van der Waals surface area contributed by atoms with Gasteiger partial charge in [0.2, 0.25) is 5.91 Å². The van der Waals surface area contributed by atoms with E-state index in [4.69, 9.17) is 0 Å². The fraction of sp³-hybridized carbons (Fsp3) is 0.500. The lowest BCUT2D eigenvalue weighted by molar-refractivity contribution is -0.136. The first-order valence-corrected chi connectivity index (χ1v) is 7.56. The molecule has 2 aromatic rings. The molecule has 9 nitrogen and oxygen atoms in total. The van der Waals surface area contributed by atoms with Gasteiger partial charge in [0, 0.05) is 13.6 Å². The number of aromatic amines is 1. The highest BCUT2D eigenvalue weighted by Gasteiger charge is 2.34. The van der Waals surface area contributed by atoms with Crippen molar-refractivity contribution in [3.63, 3.8) is 0 Å². The van der Waals surface area contributed by atoms with Gasteiger partial charge in [-0.05, 0) is 13.3 Å². The molecule has 0 bridgehead atoms. The summed E-state index contributed by atoms with van der Waals surface area (Å²) < 4.78 is 1.76. The molecule has 0 saturated heterocycles. The smallest absolute Gasteiger partial charge is 0.269 e. The molecule has 0 saturated carbocycles. The molecule has 9 heteroatoms. The zero-order chi connectivity index (χ0) is 16.6. The maximum atomic E-state index is 12.5. The van der Waals surface area contributed by atoms with Gasteiger partial charge in [0.05, 0.1) is 12.9 Å². The first kappa shape index (κ1) is 15.2. The first-order chi connectivity index (χ1) is 11.1. The molecule has 122 valence electrons. The highest BCUT2D eigenvalue weighted by molar-refractivity contribution is 5.97. The van der Waals surface area contributed by atoms with Crippen LogP contribution in [0.15, 0.2) is 6.33 Å².